The average molecular weight is 247 g/mol. The zero-order valence-electron chi connectivity index (χ0n) is 11.0. The standard InChI is InChI=1S/C14H21N3O/c1-10(2)13(15)14(18)17(12-3-4-12)9-11-5-7-16-8-6-11/h5-8,10,12-13H,3-4,9,15H2,1-2H3/t13-/m1/s1. The van der Waals surface area contributed by atoms with Crippen LogP contribution in [0.1, 0.15) is 32.3 Å². The molecule has 0 unspecified atom stereocenters. The summed E-state index contributed by atoms with van der Waals surface area (Å²) in [5.74, 6) is 0.250. The van der Waals surface area contributed by atoms with E-state index in [1.807, 2.05) is 30.9 Å². The lowest BCUT2D eigenvalue weighted by atomic mass is 10.0. The van der Waals surface area contributed by atoms with Crippen LogP contribution in [0.25, 0.3) is 0 Å². The molecule has 0 saturated heterocycles. The van der Waals surface area contributed by atoms with Gasteiger partial charge in [0.1, 0.15) is 0 Å². The number of hydrogen-bond donors (Lipinski definition) is 1. The van der Waals surface area contributed by atoms with Crippen molar-refractivity contribution < 1.29 is 4.79 Å². The summed E-state index contributed by atoms with van der Waals surface area (Å²) in [7, 11) is 0. The van der Waals surface area contributed by atoms with Gasteiger partial charge in [0, 0.05) is 25.0 Å². The van der Waals surface area contributed by atoms with Crippen molar-refractivity contribution in [2.75, 3.05) is 0 Å². The van der Waals surface area contributed by atoms with Gasteiger partial charge in [0.15, 0.2) is 0 Å². The van der Waals surface area contributed by atoms with Crippen molar-refractivity contribution in [3.63, 3.8) is 0 Å². The number of rotatable bonds is 5. The van der Waals surface area contributed by atoms with Crippen LogP contribution in [0.5, 0.6) is 0 Å². The lowest BCUT2D eigenvalue weighted by Crippen LogP contribution is -2.47. The van der Waals surface area contributed by atoms with Crippen molar-refractivity contribution >= 4 is 5.91 Å². The van der Waals surface area contributed by atoms with Crippen LogP contribution in [0.3, 0.4) is 0 Å². The molecule has 4 heteroatoms. The van der Waals surface area contributed by atoms with Gasteiger partial charge in [-0.1, -0.05) is 13.8 Å². The fourth-order valence-electron chi connectivity index (χ4n) is 1.93. The molecular weight excluding hydrogens is 226 g/mol. The van der Waals surface area contributed by atoms with E-state index in [1.165, 1.54) is 0 Å². The number of carbonyl (C=O) groups is 1. The maximum absolute atomic E-state index is 12.4. The summed E-state index contributed by atoms with van der Waals surface area (Å²) in [6.07, 6.45) is 5.71. The molecule has 1 aliphatic rings. The maximum atomic E-state index is 12.4. The molecule has 0 bridgehead atoms. The van der Waals surface area contributed by atoms with Crippen molar-refractivity contribution in [1.82, 2.24) is 9.88 Å². The molecule has 1 fully saturated rings. The molecule has 2 N–H and O–H groups in total. The van der Waals surface area contributed by atoms with Crippen molar-refractivity contribution in [3.8, 4) is 0 Å². The van der Waals surface area contributed by atoms with Crippen molar-refractivity contribution in [3.05, 3.63) is 30.1 Å². The monoisotopic (exact) mass is 247 g/mol. The molecule has 2 rings (SSSR count). The zero-order chi connectivity index (χ0) is 13.1. The van der Waals surface area contributed by atoms with Gasteiger partial charge >= 0.3 is 0 Å². The summed E-state index contributed by atoms with van der Waals surface area (Å²) in [6.45, 7) is 4.62. The summed E-state index contributed by atoms with van der Waals surface area (Å²) >= 11 is 0. The molecule has 1 aromatic heterocycles. The van der Waals surface area contributed by atoms with E-state index in [0.717, 1.165) is 18.4 Å². The average Bonchev–Trinajstić information content (AvgIpc) is 3.19. The maximum Gasteiger partial charge on any atom is 0.240 e. The van der Waals surface area contributed by atoms with Gasteiger partial charge in [0.2, 0.25) is 5.91 Å². The Balaban J connectivity index is 2.07. The summed E-state index contributed by atoms with van der Waals surface area (Å²) in [5, 5.41) is 0. The third kappa shape index (κ3) is 3.07. The quantitative estimate of drug-likeness (QED) is 0.859. The Morgan fingerprint density at radius 3 is 2.56 bits per heavy atom. The van der Waals surface area contributed by atoms with Crippen LogP contribution in [-0.2, 0) is 11.3 Å². The van der Waals surface area contributed by atoms with E-state index in [0.29, 0.717) is 12.6 Å². The summed E-state index contributed by atoms with van der Waals surface area (Å²) in [6, 6.07) is 3.88. The van der Waals surface area contributed by atoms with Gasteiger partial charge < -0.3 is 10.6 Å². The minimum Gasteiger partial charge on any atom is -0.334 e. The SMILES string of the molecule is CC(C)[C@@H](N)C(=O)N(Cc1ccncc1)C1CC1. The zero-order valence-corrected chi connectivity index (χ0v) is 11.0. The highest BCUT2D eigenvalue weighted by Crippen LogP contribution is 2.29. The minimum atomic E-state index is -0.396. The third-order valence-electron chi connectivity index (χ3n) is 3.38. The highest BCUT2D eigenvalue weighted by molar-refractivity contribution is 5.82. The second-order valence-electron chi connectivity index (χ2n) is 5.32. The molecule has 0 aromatic carbocycles. The molecule has 1 saturated carbocycles. The molecule has 1 aromatic rings. The van der Waals surface area contributed by atoms with Crippen LogP contribution in [0, 0.1) is 5.92 Å². The Labute approximate surface area is 108 Å². The van der Waals surface area contributed by atoms with Crippen molar-refractivity contribution in [1.29, 1.82) is 0 Å². The van der Waals surface area contributed by atoms with E-state index in [2.05, 4.69) is 4.98 Å². The van der Waals surface area contributed by atoms with Gasteiger partial charge in [-0.05, 0) is 36.5 Å². The molecule has 1 aliphatic carbocycles. The Bertz CT molecular complexity index is 401. The Kier molecular flexibility index (Phi) is 3.97. The number of nitrogens with two attached hydrogens (primary N) is 1. The van der Waals surface area contributed by atoms with Crippen LogP contribution >= 0.6 is 0 Å². The normalized spacial score (nSPS) is 16.7. The van der Waals surface area contributed by atoms with Gasteiger partial charge in [0.25, 0.3) is 0 Å². The molecule has 4 nitrogen and oxygen atoms in total. The molecule has 0 spiro atoms. The van der Waals surface area contributed by atoms with Crippen LogP contribution in [-0.4, -0.2) is 27.9 Å². The van der Waals surface area contributed by atoms with Gasteiger partial charge in [-0.2, -0.15) is 0 Å². The Hall–Kier alpha value is -1.42. The number of hydrogen-bond acceptors (Lipinski definition) is 3. The summed E-state index contributed by atoms with van der Waals surface area (Å²) in [5.41, 5.74) is 7.09. The number of amides is 1. The lowest BCUT2D eigenvalue weighted by Gasteiger charge is -2.27. The van der Waals surface area contributed by atoms with Gasteiger partial charge in [0.05, 0.1) is 6.04 Å². The second-order valence-corrected chi connectivity index (χ2v) is 5.32. The first-order chi connectivity index (χ1) is 8.59. The van der Waals surface area contributed by atoms with Gasteiger partial charge in [-0.25, -0.2) is 0 Å². The van der Waals surface area contributed by atoms with E-state index >= 15 is 0 Å². The van der Waals surface area contributed by atoms with E-state index in [4.69, 9.17) is 5.73 Å². The predicted octanol–water partition coefficient (Wildman–Crippen LogP) is 1.56. The number of pyridine rings is 1. The first kappa shape index (κ1) is 13.0. The highest BCUT2D eigenvalue weighted by Gasteiger charge is 2.35. The van der Waals surface area contributed by atoms with Crippen LogP contribution in [0.4, 0.5) is 0 Å². The van der Waals surface area contributed by atoms with Crippen LogP contribution in [0.2, 0.25) is 0 Å². The molecule has 0 aliphatic heterocycles. The Morgan fingerprint density at radius 1 is 1.44 bits per heavy atom. The largest absolute Gasteiger partial charge is 0.334 e. The number of carbonyl (C=O) groups excluding carboxylic acids is 1. The van der Waals surface area contributed by atoms with E-state index in [-0.39, 0.29) is 11.8 Å². The Morgan fingerprint density at radius 2 is 2.06 bits per heavy atom. The van der Waals surface area contributed by atoms with Crippen molar-refractivity contribution in [2.45, 2.75) is 45.3 Å². The lowest BCUT2D eigenvalue weighted by molar-refractivity contribution is -0.134. The second kappa shape index (κ2) is 5.48. The van der Waals surface area contributed by atoms with E-state index < -0.39 is 6.04 Å². The molecule has 1 amide bonds. The summed E-state index contributed by atoms with van der Waals surface area (Å²) in [4.78, 5) is 18.3. The molecule has 1 atom stereocenters. The molecule has 1 heterocycles. The molecular formula is C14H21N3O. The number of nitrogens with zero attached hydrogens (tertiary/aromatic N) is 2. The highest BCUT2D eigenvalue weighted by atomic mass is 16.2. The van der Waals surface area contributed by atoms with Crippen LogP contribution < -0.4 is 5.73 Å². The topological polar surface area (TPSA) is 59.2 Å². The van der Waals surface area contributed by atoms with Gasteiger partial charge in [-0.15, -0.1) is 0 Å². The van der Waals surface area contributed by atoms with Gasteiger partial charge in [-0.3, -0.25) is 9.78 Å². The predicted molar refractivity (Wildman–Crippen MR) is 70.6 cm³/mol. The fourth-order valence-corrected chi connectivity index (χ4v) is 1.93. The molecule has 0 radical (unpaired) electrons. The van der Waals surface area contributed by atoms with Crippen LogP contribution in [0.15, 0.2) is 24.5 Å². The van der Waals surface area contributed by atoms with E-state index in [1.54, 1.807) is 12.4 Å². The molecule has 18 heavy (non-hydrogen) atoms. The first-order valence-corrected chi connectivity index (χ1v) is 6.54. The molecule has 98 valence electrons. The third-order valence-corrected chi connectivity index (χ3v) is 3.38. The smallest absolute Gasteiger partial charge is 0.240 e. The minimum absolute atomic E-state index is 0.0734. The van der Waals surface area contributed by atoms with Crippen molar-refractivity contribution in [2.24, 2.45) is 11.7 Å². The number of aromatic nitrogens is 1. The fraction of sp³-hybridized carbons (Fsp3) is 0.571. The van der Waals surface area contributed by atoms with E-state index in [9.17, 15) is 4.79 Å². The summed E-state index contributed by atoms with van der Waals surface area (Å²) < 4.78 is 0. The first-order valence-electron chi connectivity index (χ1n) is 6.54.